The van der Waals surface area contributed by atoms with Crippen LogP contribution in [-0.2, 0) is 16.6 Å². The summed E-state index contributed by atoms with van der Waals surface area (Å²) in [5.74, 6) is 0. The van der Waals surface area contributed by atoms with E-state index in [1.54, 1.807) is 16.8 Å². The summed E-state index contributed by atoms with van der Waals surface area (Å²) in [5.41, 5.74) is 0.947. The van der Waals surface area contributed by atoms with E-state index in [4.69, 9.17) is 0 Å². The van der Waals surface area contributed by atoms with Gasteiger partial charge in [-0.25, -0.2) is 13.1 Å². The number of hydrogen-bond acceptors (Lipinski definition) is 3. The van der Waals surface area contributed by atoms with E-state index in [0.29, 0.717) is 11.4 Å². The van der Waals surface area contributed by atoms with E-state index >= 15 is 0 Å². The smallest absolute Gasteiger partial charge is 0.207 e. The monoisotopic (exact) mass is 303 g/mol. The summed E-state index contributed by atoms with van der Waals surface area (Å²) in [6.07, 6.45) is 0. The fourth-order valence-electron chi connectivity index (χ4n) is 2.02. The SMILES string of the molecule is O=S(=O)(NCc1ccc2ccccc2c1)c1ccsc1. The summed E-state index contributed by atoms with van der Waals surface area (Å²) < 4.78 is 26.7. The highest BCUT2D eigenvalue weighted by molar-refractivity contribution is 7.89. The number of nitrogens with one attached hydrogen (secondary N) is 1. The van der Waals surface area contributed by atoms with Crippen molar-refractivity contribution in [1.29, 1.82) is 0 Å². The molecule has 0 atom stereocenters. The second kappa shape index (κ2) is 5.36. The standard InChI is InChI=1S/C15H13NO2S2/c17-20(18,15-7-8-19-11-15)16-10-12-5-6-13-3-1-2-4-14(13)9-12/h1-9,11,16H,10H2. The third kappa shape index (κ3) is 2.75. The van der Waals surface area contributed by atoms with E-state index in [9.17, 15) is 8.42 Å². The van der Waals surface area contributed by atoms with Gasteiger partial charge in [0.05, 0.1) is 4.90 Å². The first-order valence-electron chi connectivity index (χ1n) is 6.15. The first-order valence-corrected chi connectivity index (χ1v) is 8.57. The average molecular weight is 303 g/mol. The molecule has 1 N–H and O–H groups in total. The predicted octanol–water partition coefficient (Wildman–Crippen LogP) is 3.38. The number of hydrogen-bond donors (Lipinski definition) is 1. The van der Waals surface area contributed by atoms with Crippen LogP contribution in [0.2, 0.25) is 0 Å². The van der Waals surface area contributed by atoms with Crippen molar-refractivity contribution in [3.63, 3.8) is 0 Å². The highest BCUT2D eigenvalue weighted by Gasteiger charge is 2.13. The van der Waals surface area contributed by atoms with Crippen molar-refractivity contribution in [2.45, 2.75) is 11.4 Å². The number of fused-ring (bicyclic) bond motifs is 1. The van der Waals surface area contributed by atoms with Gasteiger partial charge in [0.15, 0.2) is 0 Å². The Morgan fingerprint density at radius 1 is 1.00 bits per heavy atom. The molecule has 0 saturated heterocycles. The lowest BCUT2D eigenvalue weighted by Gasteiger charge is -2.06. The molecule has 0 bridgehead atoms. The van der Waals surface area contributed by atoms with Crippen molar-refractivity contribution in [2.75, 3.05) is 0 Å². The van der Waals surface area contributed by atoms with Crippen molar-refractivity contribution in [3.05, 3.63) is 64.9 Å². The summed E-state index contributed by atoms with van der Waals surface area (Å²) in [6, 6.07) is 15.6. The zero-order chi connectivity index (χ0) is 14.0. The Morgan fingerprint density at radius 3 is 2.55 bits per heavy atom. The summed E-state index contributed by atoms with van der Waals surface area (Å²) >= 11 is 1.37. The molecule has 3 aromatic rings. The van der Waals surface area contributed by atoms with Crippen molar-refractivity contribution in [2.24, 2.45) is 0 Å². The van der Waals surface area contributed by atoms with Gasteiger partial charge >= 0.3 is 0 Å². The number of sulfonamides is 1. The van der Waals surface area contributed by atoms with E-state index in [2.05, 4.69) is 4.72 Å². The van der Waals surface area contributed by atoms with Gasteiger partial charge in [0.1, 0.15) is 0 Å². The molecule has 20 heavy (non-hydrogen) atoms. The van der Waals surface area contributed by atoms with E-state index in [1.807, 2.05) is 42.5 Å². The molecule has 0 spiro atoms. The Bertz CT molecular complexity index is 824. The van der Waals surface area contributed by atoms with Crippen LogP contribution in [0.3, 0.4) is 0 Å². The Balaban J connectivity index is 1.80. The molecule has 0 unspecified atom stereocenters. The Hall–Kier alpha value is -1.69. The molecule has 102 valence electrons. The average Bonchev–Trinajstić information content (AvgIpc) is 3.00. The van der Waals surface area contributed by atoms with Gasteiger partial charge < -0.3 is 0 Å². The van der Waals surface area contributed by atoms with Crippen LogP contribution in [0.1, 0.15) is 5.56 Å². The molecule has 0 radical (unpaired) electrons. The normalized spacial score (nSPS) is 11.8. The van der Waals surface area contributed by atoms with Crippen LogP contribution in [0.15, 0.2) is 64.2 Å². The van der Waals surface area contributed by atoms with Gasteiger partial charge in [-0.2, -0.15) is 11.3 Å². The van der Waals surface area contributed by atoms with Crippen LogP contribution >= 0.6 is 11.3 Å². The van der Waals surface area contributed by atoms with Gasteiger partial charge in [0.2, 0.25) is 10.0 Å². The molecule has 2 aromatic carbocycles. The summed E-state index contributed by atoms with van der Waals surface area (Å²) in [7, 11) is -3.41. The molecule has 5 heteroatoms. The lowest BCUT2D eigenvalue weighted by atomic mass is 10.1. The molecule has 0 saturated carbocycles. The van der Waals surface area contributed by atoms with E-state index < -0.39 is 10.0 Å². The van der Waals surface area contributed by atoms with Crippen molar-refractivity contribution < 1.29 is 8.42 Å². The fourth-order valence-corrected chi connectivity index (χ4v) is 4.06. The Labute approximate surface area is 121 Å². The molecular weight excluding hydrogens is 290 g/mol. The van der Waals surface area contributed by atoms with Crippen LogP contribution in [0, 0.1) is 0 Å². The summed E-state index contributed by atoms with van der Waals surface area (Å²) in [6.45, 7) is 0.295. The molecule has 0 aliphatic rings. The van der Waals surface area contributed by atoms with Crippen LogP contribution < -0.4 is 4.72 Å². The molecule has 0 aliphatic heterocycles. The minimum atomic E-state index is -3.41. The van der Waals surface area contributed by atoms with Crippen molar-refractivity contribution in [3.8, 4) is 0 Å². The van der Waals surface area contributed by atoms with Crippen molar-refractivity contribution in [1.82, 2.24) is 4.72 Å². The number of thiophene rings is 1. The van der Waals surface area contributed by atoms with Gasteiger partial charge in [-0.15, -0.1) is 0 Å². The zero-order valence-corrected chi connectivity index (χ0v) is 12.2. The van der Waals surface area contributed by atoms with Crippen LogP contribution in [0.25, 0.3) is 10.8 Å². The number of benzene rings is 2. The van der Waals surface area contributed by atoms with Gasteiger partial charge in [0.25, 0.3) is 0 Å². The van der Waals surface area contributed by atoms with Gasteiger partial charge in [-0.3, -0.25) is 0 Å². The molecule has 1 aromatic heterocycles. The molecular formula is C15H13NO2S2. The molecule has 3 rings (SSSR count). The maximum atomic E-state index is 12.0. The Morgan fingerprint density at radius 2 is 1.80 bits per heavy atom. The van der Waals surface area contributed by atoms with Crippen LogP contribution in [0.4, 0.5) is 0 Å². The van der Waals surface area contributed by atoms with E-state index in [0.717, 1.165) is 16.3 Å². The molecule has 1 heterocycles. The fraction of sp³-hybridized carbons (Fsp3) is 0.0667. The second-order valence-corrected chi connectivity index (χ2v) is 7.01. The maximum Gasteiger partial charge on any atom is 0.241 e. The highest BCUT2D eigenvalue weighted by Crippen LogP contribution is 2.17. The van der Waals surface area contributed by atoms with E-state index in [1.165, 1.54) is 11.3 Å². The topological polar surface area (TPSA) is 46.2 Å². The maximum absolute atomic E-state index is 12.0. The van der Waals surface area contributed by atoms with Crippen LogP contribution in [0.5, 0.6) is 0 Å². The zero-order valence-electron chi connectivity index (χ0n) is 10.6. The number of rotatable bonds is 4. The third-order valence-electron chi connectivity index (χ3n) is 3.09. The molecule has 0 amide bonds. The quantitative estimate of drug-likeness (QED) is 0.803. The van der Waals surface area contributed by atoms with Gasteiger partial charge in [0, 0.05) is 11.9 Å². The largest absolute Gasteiger partial charge is 0.241 e. The first-order chi connectivity index (χ1) is 9.65. The molecule has 0 fully saturated rings. The highest BCUT2D eigenvalue weighted by atomic mass is 32.2. The lowest BCUT2D eigenvalue weighted by molar-refractivity contribution is 0.582. The third-order valence-corrected chi connectivity index (χ3v) is 5.32. The van der Waals surface area contributed by atoms with Crippen LogP contribution in [-0.4, -0.2) is 8.42 Å². The predicted molar refractivity (Wildman–Crippen MR) is 82.3 cm³/mol. The minimum Gasteiger partial charge on any atom is -0.207 e. The van der Waals surface area contributed by atoms with Gasteiger partial charge in [-0.05, 0) is 33.8 Å². The molecule has 3 nitrogen and oxygen atoms in total. The Kier molecular flexibility index (Phi) is 3.56. The molecule has 0 aliphatic carbocycles. The first kappa shape index (κ1) is 13.3. The van der Waals surface area contributed by atoms with Crippen molar-refractivity contribution >= 4 is 32.1 Å². The summed E-state index contributed by atoms with van der Waals surface area (Å²) in [4.78, 5) is 0.322. The lowest BCUT2D eigenvalue weighted by Crippen LogP contribution is -2.22. The minimum absolute atomic E-state index is 0.295. The second-order valence-electron chi connectivity index (χ2n) is 4.47. The summed E-state index contributed by atoms with van der Waals surface area (Å²) in [5, 5.41) is 5.64. The van der Waals surface area contributed by atoms with Gasteiger partial charge in [-0.1, -0.05) is 36.4 Å². The van der Waals surface area contributed by atoms with E-state index in [-0.39, 0.29) is 0 Å².